The molecule has 1 aromatic heterocycles. The maximum Gasteiger partial charge on any atom is 0.260 e. The van der Waals surface area contributed by atoms with Crippen LogP contribution in [0.1, 0.15) is 0 Å². The van der Waals surface area contributed by atoms with Gasteiger partial charge in [-0.3, -0.25) is 0 Å². The van der Waals surface area contributed by atoms with Crippen LogP contribution in [0.4, 0.5) is 0 Å². The number of imidazole rings is 1. The van der Waals surface area contributed by atoms with Crippen molar-refractivity contribution in [1.29, 1.82) is 0 Å². The van der Waals surface area contributed by atoms with Crippen LogP contribution < -0.4 is 5.73 Å². The van der Waals surface area contributed by atoms with Gasteiger partial charge in [-0.2, -0.15) is 4.31 Å². The van der Waals surface area contributed by atoms with Gasteiger partial charge in [0.05, 0.1) is 19.1 Å². The Balaban J connectivity index is 2.84. The van der Waals surface area contributed by atoms with Crippen LogP contribution in [0.2, 0.25) is 0 Å². The first-order chi connectivity index (χ1) is 7.62. The van der Waals surface area contributed by atoms with Crippen LogP contribution in [0.25, 0.3) is 0 Å². The van der Waals surface area contributed by atoms with Crippen molar-refractivity contribution in [2.75, 3.05) is 33.4 Å². The standard InChI is InChI=1S/C8H16N4O3S/c1-15-5-4-12(3-2-9)16(13,14)8-6-10-7-11-8/h6-7H,2-5,9H2,1H3,(H,10,11). The molecule has 1 heterocycles. The fourth-order valence-corrected chi connectivity index (χ4v) is 2.55. The van der Waals surface area contributed by atoms with Crippen LogP contribution in [0, 0.1) is 0 Å². The van der Waals surface area contributed by atoms with Gasteiger partial charge in [0.15, 0.2) is 5.03 Å². The van der Waals surface area contributed by atoms with Gasteiger partial charge in [0.25, 0.3) is 10.0 Å². The van der Waals surface area contributed by atoms with E-state index >= 15 is 0 Å². The monoisotopic (exact) mass is 248 g/mol. The SMILES string of the molecule is COCCN(CCN)S(=O)(=O)c1cnc[nH]1. The molecule has 0 fully saturated rings. The lowest BCUT2D eigenvalue weighted by Crippen LogP contribution is -2.37. The van der Waals surface area contributed by atoms with E-state index in [1.54, 1.807) is 0 Å². The van der Waals surface area contributed by atoms with Crippen molar-refractivity contribution < 1.29 is 13.2 Å². The smallest absolute Gasteiger partial charge is 0.260 e. The molecule has 0 amide bonds. The maximum atomic E-state index is 12.0. The molecule has 0 spiro atoms. The number of nitrogens with two attached hydrogens (primary N) is 1. The van der Waals surface area contributed by atoms with Crippen LogP contribution >= 0.6 is 0 Å². The minimum Gasteiger partial charge on any atom is -0.383 e. The number of aromatic nitrogens is 2. The minimum absolute atomic E-state index is 0.0667. The molecule has 0 bridgehead atoms. The van der Waals surface area contributed by atoms with Crippen LogP contribution in [0.5, 0.6) is 0 Å². The number of sulfonamides is 1. The van der Waals surface area contributed by atoms with Gasteiger partial charge in [0.2, 0.25) is 0 Å². The van der Waals surface area contributed by atoms with Crippen molar-refractivity contribution in [3.05, 3.63) is 12.5 Å². The van der Waals surface area contributed by atoms with Crippen molar-refractivity contribution in [3.63, 3.8) is 0 Å². The number of nitrogens with zero attached hydrogens (tertiary/aromatic N) is 2. The fraction of sp³-hybridized carbons (Fsp3) is 0.625. The molecule has 1 aromatic rings. The topological polar surface area (TPSA) is 101 Å². The molecule has 0 saturated carbocycles. The Morgan fingerprint density at radius 2 is 2.31 bits per heavy atom. The molecule has 0 atom stereocenters. The van der Waals surface area contributed by atoms with Crippen molar-refractivity contribution in [3.8, 4) is 0 Å². The van der Waals surface area contributed by atoms with E-state index in [1.165, 1.54) is 23.9 Å². The second-order valence-electron chi connectivity index (χ2n) is 3.10. The van der Waals surface area contributed by atoms with E-state index < -0.39 is 10.0 Å². The van der Waals surface area contributed by atoms with Gasteiger partial charge in [0, 0.05) is 26.7 Å². The number of hydrogen-bond acceptors (Lipinski definition) is 5. The number of H-pyrrole nitrogens is 1. The lowest BCUT2D eigenvalue weighted by atomic mass is 10.6. The fourth-order valence-electron chi connectivity index (χ4n) is 1.21. The number of ether oxygens (including phenoxy) is 1. The Labute approximate surface area is 94.7 Å². The first kappa shape index (κ1) is 13.1. The van der Waals surface area contributed by atoms with Crippen molar-refractivity contribution in [1.82, 2.24) is 14.3 Å². The van der Waals surface area contributed by atoms with Gasteiger partial charge in [-0.1, -0.05) is 0 Å². The molecule has 8 heteroatoms. The van der Waals surface area contributed by atoms with Crippen LogP contribution in [0.3, 0.4) is 0 Å². The Hall–Kier alpha value is -0.960. The molecule has 1 rings (SSSR count). The molecule has 0 saturated heterocycles. The number of methoxy groups -OCH3 is 1. The highest BCUT2D eigenvalue weighted by atomic mass is 32.2. The average Bonchev–Trinajstić information content (AvgIpc) is 2.77. The summed E-state index contributed by atoms with van der Waals surface area (Å²) >= 11 is 0. The third-order valence-corrected chi connectivity index (χ3v) is 3.84. The molecule has 16 heavy (non-hydrogen) atoms. The predicted octanol–water partition coefficient (Wildman–Crippen LogP) is -0.994. The van der Waals surface area contributed by atoms with Crippen molar-refractivity contribution in [2.24, 2.45) is 5.73 Å². The average molecular weight is 248 g/mol. The molecule has 0 aliphatic rings. The van der Waals surface area contributed by atoms with Gasteiger partial charge in [-0.25, -0.2) is 13.4 Å². The first-order valence-corrected chi connectivity index (χ1v) is 6.24. The van der Waals surface area contributed by atoms with Crippen molar-refractivity contribution in [2.45, 2.75) is 5.03 Å². The normalized spacial score (nSPS) is 12.2. The number of hydrogen-bond donors (Lipinski definition) is 2. The molecule has 0 aliphatic carbocycles. The minimum atomic E-state index is -3.54. The van der Waals surface area contributed by atoms with Gasteiger partial charge < -0.3 is 15.5 Å². The van der Waals surface area contributed by atoms with E-state index in [4.69, 9.17) is 10.5 Å². The largest absolute Gasteiger partial charge is 0.383 e. The molecular formula is C8H16N4O3S. The maximum absolute atomic E-state index is 12.0. The van der Waals surface area contributed by atoms with Crippen molar-refractivity contribution >= 4 is 10.0 Å². The first-order valence-electron chi connectivity index (χ1n) is 4.80. The number of aromatic amines is 1. The van der Waals surface area contributed by atoms with E-state index in [1.807, 2.05) is 0 Å². The van der Waals surface area contributed by atoms with Crippen LogP contribution in [-0.4, -0.2) is 56.0 Å². The van der Waals surface area contributed by atoms with E-state index in [9.17, 15) is 8.42 Å². The summed E-state index contributed by atoms with van der Waals surface area (Å²) < 4.78 is 30.2. The van der Waals surface area contributed by atoms with E-state index in [-0.39, 0.29) is 24.7 Å². The molecule has 0 aliphatic heterocycles. The zero-order valence-corrected chi connectivity index (χ0v) is 9.90. The van der Waals surface area contributed by atoms with Gasteiger partial charge in [0.1, 0.15) is 0 Å². The lowest BCUT2D eigenvalue weighted by Gasteiger charge is -2.19. The van der Waals surface area contributed by atoms with E-state index in [2.05, 4.69) is 9.97 Å². The third kappa shape index (κ3) is 3.01. The van der Waals surface area contributed by atoms with E-state index in [0.717, 1.165) is 0 Å². The predicted molar refractivity (Wildman–Crippen MR) is 58.3 cm³/mol. The second kappa shape index (κ2) is 5.94. The molecule has 7 nitrogen and oxygen atoms in total. The molecule has 3 N–H and O–H groups in total. The summed E-state index contributed by atoms with van der Waals surface area (Å²) in [6.45, 7) is 1.12. The number of rotatable bonds is 7. The number of nitrogens with one attached hydrogen (secondary N) is 1. The summed E-state index contributed by atoms with van der Waals surface area (Å²) in [4.78, 5) is 6.26. The zero-order valence-electron chi connectivity index (χ0n) is 9.09. The highest BCUT2D eigenvalue weighted by molar-refractivity contribution is 7.89. The Morgan fingerprint density at radius 3 is 2.81 bits per heavy atom. The molecule has 0 aromatic carbocycles. The van der Waals surface area contributed by atoms with E-state index in [0.29, 0.717) is 6.61 Å². The summed E-state index contributed by atoms with van der Waals surface area (Å²) in [5.41, 5.74) is 5.38. The van der Waals surface area contributed by atoms with Crippen LogP contribution in [0.15, 0.2) is 17.6 Å². The lowest BCUT2D eigenvalue weighted by molar-refractivity contribution is 0.179. The van der Waals surface area contributed by atoms with Gasteiger partial charge in [-0.05, 0) is 0 Å². The van der Waals surface area contributed by atoms with Gasteiger partial charge >= 0.3 is 0 Å². The molecule has 92 valence electrons. The summed E-state index contributed by atoms with van der Waals surface area (Å²) in [6.07, 6.45) is 2.59. The molecular weight excluding hydrogens is 232 g/mol. The zero-order chi connectivity index (χ0) is 12.0. The Bertz CT molecular complexity index is 389. The third-order valence-electron chi connectivity index (χ3n) is 2.01. The molecule has 0 unspecified atom stereocenters. The van der Waals surface area contributed by atoms with Crippen LogP contribution in [-0.2, 0) is 14.8 Å². The summed E-state index contributed by atoms with van der Waals surface area (Å²) in [5, 5.41) is 0.0667. The molecule has 0 radical (unpaired) electrons. The quantitative estimate of drug-likeness (QED) is 0.645. The highest BCUT2D eigenvalue weighted by Gasteiger charge is 2.24. The summed E-state index contributed by atoms with van der Waals surface area (Å²) in [7, 11) is -2.02. The van der Waals surface area contributed by atoms with Gasteiger partial charge in [-0.15, -0.1) is 0 Å². The summed E-state index contributed by atoms with van der Waals surface area (Å²) in [6, 6.07) is 0. The Kier molecular flexibility index (Phi) is 4.87. The Morgan fingerprint density at radius 1 is 1.56 bits per heavy atom. The summed E-state index contributed by atoms with van der Waals surface area (Å²) in [5.74, 6) is 0. The highest BCUT2D eigenvalue weighted by Crippen LogP contribution is 2.10. The second-order valence-corrected chi connectivity index (χ2v) is 5.01.